The molecule has 0 aliphatic heterocycles. The highest BCUT2D eigenvalue weighted by Gasteiger charge is 2.34. The fourth-order valence-electron chi connectivity index (χ4n) is 2.84. The van der Waals surface area contributed by atoms with Crippen molar-refractivity contribution in [3.8, 4) is 11.1 Å². The molecule has 0 nitrogen and oxygen atoms in total. The molecular weight excluding hydrogens is 249 g/mol. The molecule has 2 aromatic carbocycles. The zero-order valence-corrected chi connectivity index (χ0v) is 10.3. The number of hydrogen-bond acceptors (Lipinski definition) is 0. The van der Waals surface area contributed by atoms with E-state index in [1.54, 1.807) is 18.2 Å². The van der Waals surface area contributed by atoms with Gasteiger partial charge >= 0.3 is 6.18 Å². The van der Waals surface area contributed by atoms with Gasteiger partial charge in [0.2, 0.25) is 0 Å². The maximum atomic E-state index is 13.1. The van der Waals surface area contributed by atoms with Crippen molar-refractivity contribution in [2.24, 2.45) is 0 Å². The van der Waals surface area contributed by atoms with Crippen molar-refractivity contribution in [2.45, 2.75) is 25.4 Å². The fraction of sp³-hybridized carbons (Fsp3) is 0.250. The first kappa shape index (κ1) is 12.3. The molecule has 98 valence electrons. The molecule has 0 heterocycles. The Labute approximate surface area is 109 Å². The highest BCUT2D eigenvalue weighted by Crippen LogP contribution is 2.40. The minimum absolute atomic E-state index is 0.300. The van der Waals surface area contributed by atoms with Crippen LogP contribution in [0.2, 0.25) is 0 Å². The first-order chi connectivity index (χ1) is 9.07. The molecule has 3 heteroatoms. The zero-order valence-electron chi connectivity index (χ0n) is 10.3. The van der Waals surface area contributed by atoms with Crippen LogP contribution in [-0.2, 0) is 19.0 Å². The first-order valence-corrected chi connectivity index (χ1v) is 6.35. The highest BCUT2D eigenvalue weighted by molar-refractivity contribution is 5.73. The molecule has 0 bridgehead atoms. The molecule has 0 aromatic heterocycles. The Hall–Kier alpha value is -1.77. The average Bonchev–Trinajstić information content (AvgIpc) is 2.85. The van der Waals surface area contributed by atoms with Crippen LogP contribution in [0.5, 0.6) is 0 Å². The lowest BCUT2D eigenvalue weighted by Gasteiger charge is -2.15. The van der Waals surface area contributed by atoms with Gasteiger partial charge < -0.3 is 0 Å². The summed E-state index contributed by atoms with van der Waals surface area (Å²) in [6.45, 7) is 0. The molecular formula is C16H13F3. The van der Waals surface area contributed by atoms with E-state index in [1.165, 1.54) is 11.6 Å². The van der Waals surface area contributed by atoms with E-state index in [0.29, 0.717) is 5.56 Å². The molecule has 0 fully saturated rings. The van der Waals surface area contributed by atoms with Gasteiger partial charge in [-0.15, -0.1) is 0 Å². The van der Waals surface area contributed by atoms with E-state index >= 15 is 0 Å². The molecule has 0 amide bonds. The Kier molecular flexibility index (Phi) is 2.85. The van der Waals surface area contributed by atoms with Crippen LogP contribution in [0.15, 0.2) is 42.5 Å². The van der Waals surface area contributed by atoms with Crippen LogP contribution >= 0.6 is 0 Å². The van der Waals surface area contributed by atoms with E-state index in [1.807, 2.05) is 12.1 Å². The van der Waals surface area contributed by atoms with Crippen molar-refractivity contribution in [1.29, 1.82) is 0 Å². The second kappa shape index (κ2) is 4.41. The largest absolute Gasteiger partial charge is 0.417 e. The molecule has 0 unspecified atom stereocenters. The van der Waals surface area contributed by atoms with Gasteiger partial charge in [-0.3, -0.25) is 0 Å². The van der Waals surface area contributed by atoms with Gasteiger partial charge in [0.25, 0.3) is 0 Å². The molecule has 1 aliphatic rings. The third kappa shape index (κ3) is 2.14. The predicted molar refractivity (Wildman–Crippen MR) is 68.9 cm³/mol. The van der Waals surface area contributed by atoms with Crippen molar-refractivity contribution in [3.63, 3.8) is 0 Å². The van der Waals surface area contributed by atoms with Crippen LogP contribution in [0.1, 0.15) is 23.1 Å². The Morgan fingerprint density at radius 2 is 1.53 bits per heavy atom. The van der Waals surface area contributed by atoms with E-state index < -0.39 is 11.7 Å². The SMILES string of the molecule is FC(F)(F)c1ccccc1-c1cccc2c1CCC2. The summed E-state index contributed by atoms with van der Waals surface area (Å²) in [5.74, 6) is 0. The van der Waals surface area contributed by atoms with Crippen molar-refractivity contribution < 1.29 is 13.2 Å². The third-order valence-corrected chi connectivity index (χ3v) is 3.67. The quantitative estimate of drug-likeness (QED) is 0.688. The maximum absolute atomic E-state index is 13.1. The monoisotopic (exact) mass is 262 g/mol. The summed E-state index contributed by atoms with van der Waals surface area (Å²) in [6, 6.07) is 11.5. The summed E-state index contributed by atoms with van der Waals surface area (Å²) >= 11 is 0. The second-order valence-corrected chi connectivity index (χ2v) is 4.84. The Morgan fingerprint density at radius 1 is 0.789 bits per heavy atom. The van der Waals surface area contributed by atoms with Crippen molar-refractivity contribution >= 4 is 0 Å². The molecule has 0 spiro atoms. The van der Waals surface area contributed by atoms with Crippen LogP contribution < -0.4 is 0 Å². The zero-order chi connectivity index (χ0) is 13.5. The standard InChI is InChI=1S/C16H13F3/c17-16(18,19)15-10-2-1-7-14(15)13-9-4-6-11-5-3-8-12(11)13/h1-2,4,6-7,9-10H,3,5,8H2. The average molecular weight is 262 g/mol. The summed E-state index contributed by atoms with van der Waals surface area (Å²) < 4.78 is 39.3. The third-order valence-electron chi connectivity index (χ3n) is 3.67. The summed E-state index contributed by atoms with van der Waals surface area (Å²) in [4.78, 5) is 0. The smallest absolute Gasteiger partial charge is 0.166 e. The van der Waals surface area contributed by atoms with Crippen LogP contribution in [0.4, 0.5) is 13.2 Å². The van der Waals surface area contributed by atoms with Gasteiger partial charge in [-0.05, 0) is 47.6 Å². The van der Waals surface area contributed by atoms with Crippen LogP contribution in [-0.4, -0.2) is 0 Å². The van der Waals surface area contributed by atoms with E-state index in [0.717, 1.165) is 36.5 Å². The van der Waals surface area contributed by atoms with Crippen LogP contribution in [0, 0.1) is 0 Å². The first-order valence-electron chi connectivity index (χ1n) is 6.35. The van der Waals surface area contributed by atoms with Gasteiger partial charge in [-0.25, -0.2) is 0 Å². The summed E-state index contributed by atoms with van der Waals surface area (Å²) in [5.41, 5.74) is 2.76. The molecule has 2 aromatic rings. The summed E-state index contributed by atoms with van der Waals surface area (Å²) in [7, 11) is 0. The van der Waals surface area contributed by atoms with Gasteiger partial charge in [0.15, 0.2) is 0 Å². The predicted octanol–water partition coefficient (Wildman–Crippen LogP) is 4.86. The molecule has 0 N–H and O–H groups in total. The lowest BCUT2D eigenvalue weighted by molar-refractivity contribution is -0.137. The maximum Gasteiger partial charge on any atom is 0.417 e. The number of benzene rings is 2. The minimum Gasteiger partial charge on any atom is -0.166 e. The van der Waals surface area contributed by atoms with Crippen molar-refractivity contribution in [2.75, 3.05) is 0 Å². The minimum atomic E-state index is -4.31. The van der Waals surface area contributed by atoms with E-state index in [2.05, 4.69) is 0 Å². The molecule has 1 aliphatic carbocycles. The molecule has 3 rings (SSSR count). The topological polar surface area (TPSA) is 0 Å². The van der Waals surface area contributed by atoms with E-state index in [-0.39, 0.29) is 0 Å². The molecule has 0 saturated carbocycles. The lowest BCUT2D eigenvalue weighted by Crippen LogP contribution is -2.07. The Bertz CT molecular complexity index is 612. The normalized spacial score (nSPS) is 14.5. The number of alkyl halides is 3. The number of rotatable bonds is 1. The van der Waals surface area contributed by atoms with Gasteiger partial charge in [-0.2, -0.15) is 13.2 Å². The van der Waals surface area contributed by atoms with Crippen LogP contribution in [0.25, 0.3) is 11.1 Å². The van der Waals surface area contributed by atoms with Gasteiger partial charge in [0.05, 0.1) is 5.56 Å². The molecule has 19 heavy (non-hydrogen) atoms. The Balaban J connectivity index is 2.21. The molecule has 0 atom stereocenters. The number of halogens is 3. The molecule has 0 saturated heterocycles. The summed E-state index contributed by atoms with van der Waals surface area (Å²) in [6.07, 6.45) is -1.44. The van der Waals surface area contributed by atoms with Gasteiger partial charge in [0.1, 0.15) is 0 Å². The Morgan fingerprint density at radius 3 is 2.32 bits per heavy atom. The second-order valence-electron chi connectivity index (χ2n) is 4.84. The fourth-order valence-corrected chi connectivity index (χ4v) is 2.84. The number of aryl methyl sites for hydroxylation is 1. The highest BCUT2D eigenvalue weighted by atomic mass is 19.4. The number of fused-ring (bicyclic) bond motifs is 1. The van der Waals surface area contributed by atoms with Gasteiger partial charge in [0, 0.05) is 0 Å². The van der Waals surface area contributed by atoms with Crippen LogP contribution in [0.3, 0.4) is 0 Å². The van der Waals surface area contributed by atoms with Crippen molar-refractivity contribution in [1.82, 2.24) is 0 Å². The van der Waals surface area contributed by atoms with E-state index in [9.17, 15) is 13.2 Å². The van der Waals surface area contributed by atoms with E-state index in [4.69, 9.17) is 0 Å². The molecule has 0 radical (unpaired) electrons. The van der Waals surface area contributed by atoms with Gasteiger partial charge in [-0.1, -0.05) is 36.4 Å². The number of hydrogen-bond donors (Lipinski definition) is 0. The van der Waals surface area contributed by atoms with Crippen molar-refractivity contribution in [3.05, 3.63) is 59.2 Å². The lowest BCUT2D eigenvalue weighted by atomic mass is 9.93. The summed E-state index contributed by atoms with van der Waals surface area (Å²) in [5, 5.41) is 0.